The van der Waals surface area contributed by atoms with Crippen LogP contribution < -0.4 is 0 Å². The molecule has 0 aliphatic carbocycles. The van der Waals surface area contributed by atoms with E-state index in [0.29, 0.717) is 17.0 Å². The minimum atomic E-state index is -0.398. The third-order valence-electron chi connectivity index (χ3n) is 3.60. The number of hydrogen-bond acceptors (Lipinski definition) is 0. The van der Waals surface area contributed by atoms with Crippen LogP contribution in [0.25, 0.3) is 22.3 Å². The average molecular weight is 315 g/mol. The Morgan fingerprint density at radius 3 is 2.09 bits per heavy atom. The molecule has 0 amide bonds. The van der Waals surface area contributed by atoms with E-state index in [1.807, 2.05) is 24.3 Å². The van der Waals surface area contributed by atoms with Gasteiger partial charge in [-0.25, -0.2) is 8.78 Å². The molecule has 0 atom stereocenters. The first-order valence-electron chi connectivity index (χ1n) is 6.89. The van der Waals surface area contributed by atoms with Crippen LogP contribution in [0.15, 0.2) is 66.7 Å². The highest BCUT2D eigenvalue weighted by Crippen LogP contribution is 2.36. The van der Waals surface area contributed by atoms with Gasteiger partial charge in [0.15, 0.2) is 0 Å². The zero-order chi connectivity index (χ0) is 15.5. The molecule has 0 heterocycles. The van der Waals surface area contributed by atoms with Gasteiger partial charge in [0.25, 0.3) is 0 Å². The van der Waals surface area contributed by atoms with E-state index >= 15 is 0 Å². The summed E-state index contributed by atoms with van der Waals surface area (Å²) in [5.41, 5.74) is 3.48. The Hall–Kier alpha value is -2.19. The molecule has 0 N–H and O–H groups in total. The average Bonchev–Trinajstić information content (AvgIpc) is 2.55. The molecule has 0 aliphatic heterocycles. The second-order valence-corrected chi connectivity index (χ2v) is 5.23. The summed E-state index contributed by atoms with van der Waals surface area (Å²) in [7, 11) is 0. The van der Waals surface area contributed by atoms with Gasteiger partial charge in [-0.15, -0.1) is 11.6 Å². The van der Waals surface area contributed by atoms with Crippen molar-refractivity contribution in [1.82, 2.24) is 0 Å². The van der Waals surface area contributed by atoms with E-state index in [1.54, 1.807) is 24.3 Å². The highest BCUT2D eigenvalue weighted by molar-refractivity contribution is 6.17. The summed E-state index contributed by atoms with van der Waals surface area (Å²) in [6.07, 6.45) is 0. The van der Waals surface area contributed by atoms with Crippen LogP contribution in [-0.2, 0) is 5.88 Å². The standard InChI is InChI=1S/C19H13ClF2/c20-12-13-5-1-2-6-15(13)16-10-9-14(21)11-18(16)17-7-3-4-8-19(17)22/h1-11H,12H2. The Labute approximate surface area is 133 Å². The molecule has 0 saturated carbocycles. The van der Waals surface area contributed by atoms with Crippen molar-refractivity contribution < 1.29 is 8.78 Å². The fourth-order valence-electron chi connectivity index (χ4n) is 2.55. The Balaban J connectivity index is 2.28. The Morgan fingerprint density at radius 1 is 0.682 bits per heavy atom. The zero-order valence-corrected chi connectivity index (χ0v) is 12.4. The van der Waals surface area contributed by atoms with E-state index < -0.39 is 5.82 Å². The lowest BCUT2D eigenvalue weighted by molar-refractivity contribution is 0.625. The molecule has 0 bridgehead atoms. The molecule has 0 radical (unpaired) electrons. The topological polar surface area (TPSA) is 0 Å². The molecular formula is C19H13ClF2. The van der Waals surface area contributed by atoms with Crippen LogP contribution in [-0.4, -0.2) is 0 Å². The second kappa shape index (κ2) is 6.29. The Bertz CT molecular complexity index is 812. The molecule has 0 saturated heterocycles. The van der Waals surface area contributed by atoms with Gasteiger partial charge in [0.05, 0.1) is 0 Å². The molecule has 3 aromatic rings. The van der Waals surface area contributed by atoms with Gasteiger partial charge < -0.3 is 0 Å². The van der Waals surface area contributed by atoms with Crippen molar-refractivity contribution in [3.05, 3.63) is 83.9 Å². The molecule has 22 heavy (non-hydrogen) atoms. The second-order valence-electron chi connectivity index (χ2n) is 4.96. The molecule has 0 aromatic heterocycles. The van der Waals surface area contributed by atoms with Crippen LogP contribution >= 0.6 is 11.6 Å². The maximum absolute atomic E-state index is 14.1. The maximum atomic E-state index is 14.1. The lowest BCUT2D eigenvalue weighted by Crippen LogP contribution is -1.93. The lowest BCUT2D eigenvalue weighted by atomic mass is 9.92. The first-order chi connectivity index (χ1) is 10.7. The summed E-state index contributed by atoms with van der Waals surface area (Å²) in [5, 5.41) is 0. The summed E-state index contributed by atoms with van der Waals surface area (Å²) in [5.74, 6) is -0.437. The van der Waals surface area contributed by atoms with Crippen molar-refractivity contribution in [3.8, 4) is 22.3 Å². The third kappa shape index (κ3) is 2.75. The summed E-state index contributed by atoms with van der Waals surface area (Å²) in [6.45, 7) is 0. The number of benzene rings is 3. The summed E-state index contributed by atoms with van der Waals surface area (Å²) in [6, 6.07) is 18.4. The van der Waals surface area contributed by atoms with Crippen molar-refractivity contribution in [2.75, 3.05) is 0 Å². The first-order valence-corrected chi connectivity index (χ1v) is 7.43. The SMILES string of the molecule is Fc1ccc(-c2ccccc2CCl)c(-c2ccccc2F)c1. The van der Waals surface area contributed by atoms with Gasteiger partial charge in [0.2, 0.25) is 0 Å². The van der Waals surface area contributed by atoms with E-state index in [-0.39, 0.29) is 5.82 Å². The molecule has 3 aromatic carbocycles. The molecule has 0 unspecified atom stereocenters. The number of alkyl halides is 1. The number of hydrogen-bond donors (Lipinski definition) is 0. The summed E-state index contributed by atoms with van der Waals surface area (Å²) >= 11 is 5.99. The minimum Gasteiger partial charge on any atom is -0.207 e. The van der Waals surface area contributed by atoms with Crippen LogP contribution in [0.1, 0.15) is 5.56 Å². The third-order valence-corrected chi connectivity index (χ3v) is 3.89. The molecule has 3 heteroatoms. The van der Waals surface area contributed by atoms with Crippen LogP contribution in [0.2, 0.25) is 0 Å². The Morgan fingerprint density at radius 2 is 1.36 bits per heavy atom. The lowest BCUT2D eigenvalue weighted by Gasteiger charge is -2.14. The zero-order valence-electron chi connectivity index (χ0n) is 11.7. The van der Waals surface area contributed by atoms with E-state index in [0.717, 1.165) is 16.7 Å². The van der Waals surface area contributed by atoms with Gasteiger partial charge in [-0.2, -0.15) is 0 Å². The van der Waals surface area contributed by atoms with Gasteiger partial charge in [-0.3, -0.25) is 0 Å². The van der Waals surface area contributed by atoms with Crippen molar-refractivity contribution in [2.45, 2.75) is 5.88 Å². The van der Waals surface area contributed by atoms with Crippen molar-refractivity contribution in [1.29, 1.82) is 0 Å². The van der Waals surface area contributed by atoms with E-state index in [9.17, 15) is 8.78 Å². The fourth-order valence-corrected chi connectivity index (χ4v) is 2.79. The van der Waals surface area contributed by atoms with Gasteiger partial charge in [0.1, 0.15) is 11.6 Å². The molecule has 110 valence electrons. The molecule has 3 rings (SSSR count). The van der Waals surface area contributed by atoms with Gasteiger partial charge >= 0.3 is 0 Å². The van der Waals surface area contributed by atoms with E-state index in [4.69, 9.17) is 11.6 Å². The quantitative estimate of drug-likeness (QED) is 0.517. The number of rotatable bonds is 3. The van der Waals surface area contributed by atoms with Gasteiger partial charge in [-0.1, -0.05) is 48.5 Å². The molecular weight excluding hydrogens is 302 g/mol. The molecule has 0 nitrogen and oxygen atoms in total. The summed E-state index contributed by atoms with van der Waals surface area (Å²) in [4.78, 5) is 0. The highest BCUT2D eigenvalue weighted by Gasteiger charge is 2.14. The van der Waals surface area contributed by atoms with Crippen molar-refractivity contribution >= 4 is 11.6 Å². The predicted molar refractivity (Wildman–Crippen MR) is 86.8 cm³/mol. The summed E-state index contributed by atoms with van der Waals surface area (Å²) < 4.78 is 27.9. The van der Waals surface area contributed by atoms with Crippen LogP contribution in [0.4, 0.5) is 8.78 Å². The van der Waals surface area contributed by atoms with Crippen molar-refractivity contribution in [2.24, 2.45) is 0 Å². The maximum Gasteiger partial charge on any atom is 0.131 e. The largest absolute Gasteiger partial charge is 0.207 e. The fraction of sp³-hybridized carbons (Fsp3) is 0.0526. The van der Waals surface area contributed by atoms with Crippen LogP contribution in [0.5, 0.6) is 0 Å². The Kier molecular flexibility index (Phi) is 4.21. The molecule has 0 aliphatic rings. The van der Waals surface area contributed by atoms with Crippen molar-refractivity contribution in [3.63, 3.8) is 0 Å². The van der Waals surface area contributed by atoms with E-state index in [2.05, 4.69) is 0 Å². The predicted octanol–water partition coefficient (Wildman–Crippen LogP) is 6.04. The minimum absolute atomic E-state index is 0.338. The van der Waals surface area contributed by atoms with E-state index in [1.165, 1.54) is 18.2 Å². The highest BCUT2D eigenvalue weighted by atomic mass is 35.5. The number of halogens is 3. The molecule has 0 fully saturated rings. The normalized spacial score (nSPS) is 10.7. The monoisotopic (exact) mass is 314 g/mol. The van der Waals surface area contributed by atoms with Crippen LogP contribution in [0, 0.1) is 11.6 Å². The van der Waals surface area contributed by atoms with Crippen LogP contribution in [0.3, 0.4) is 0 Å². The first kappa shape index (κ1) is 14.7. The van der Waals surface area contributed by atoms with Gasteiger partial charge in [0, 0.05) is 11.4 Å². The molecule has 0 spiro atoms. The van der Waals surface area contributed by atoms with Gasteiger partial charge in [-0.05, 0) is 40.5 Å². The smallest absolute Gasteiger partial charge is 0.131 e.